The molecule has 3 aromatic heterocycles. The van der Waals surface area contributed by atoms with Crippen molar-refractivity contribution in [2.45, 2.75) is 19.8 Å². The van der Waals surface area contributed by atoms with Crippen LogP contribution in [0.15, 0.2) is 85.2 Å². The zero-order valence-electron chi connectivity index (χ0n) is 15.5. The van der Waals surface area contributed by atoms with Crippen LogP contribution in [0, 0.1) is 0 Å². The van der Waals surface area contributed by atoms with Crippen molar-refractivity contribution in [2.75, 3.05) is 0 Å². The Bertz CT molecular complexity index is 966. The van der Waals surface area contributed by atoms with Gasteiger partial charge in [0.25, 0.3) is 0 Å². The number of benzene rings is 1. The van der Waals surface area contributed by atoms with Gasteiger partial charge >= 0.3 is 0 Å². The summed E-state index contributed by atoms with van der Waals surface area (Å²) in [6.45, 7) is 4.42. The van der Waals surface area contributed by atoms with E-state index < -0.39 is 0 Å². The van der Waals surface area contributed by atoms with E-state index in [0.29, 0.717) is 5.92 Å². The minimum absolute atomic E-state index is 0.518. The van der Waals surface area contributed by atoms with Gasteiger partial charge in [-0.1, -0.05) is 50.2 Å². The summed E-state index contributed by atoms with van der Waals surface area (Å²) >= 11 is 0. The van der Waals surface area contributed by atoms with Gasteiger partial charge in [-0.3, -0.25) is 9.97 Å². The first-order valence-corrected chi connectivity index (χ1v) is 9.16. The first-order chi connectivity index (χ1) is 13.2. The Hall–Kier alpha value is -3.33. The fourth-order valence-electron chi connectivity index (χ4n) is 3.05. The molecule has 0 saturated carbocycles. The molecule has 3 heterocycles. The Kier molecular flexibility index (Phi) is 4.75. The molecule has 4 rings (SSSR count). The van der Waals surface area contributed by atoms with Crippen LogP contribution in [-0.4, -0.2) is 15.0 Å². The summed E-state index contributed by atoms with van der Waals surface area (Å²) in [5.74, 6) is 0.518. The first kappa shape index (κ1) is 17.1. The van der Waals surface area contributed by atoms with Gasteiger partial charge in [-0.05, 0) is 59.0 Å². The molecule has 0 unspecified atom stereocenters. The molecule has 0 radical (unpaired) electrons. The average Bonchev–Trinajstić information content (AvgIpc) is 2.75. The monoisotopic (exact) mass is 351 g/mol. The van der Waals surface area contributed by atoms with Crippen molar-refractivity contribution in [3.8, 4) is 33.9 Å². The number of aromatic nitrogens is 3. The van der Waals surface area contributed by atoms with Crippen molar-refractivity contribution in [1.29, 1.82) is 0 Å². The van der Waals surface area contributed by atoms with Gasteiger partial charge in [-0.2, -0.15) is 0 Å². The predicted molar refractivity (Wildman–Crippen MR) is 110 cm³/mol. The molecule has 3 heteroatoms. The number of hydrogen-bond donors (Lipinski definition) is 0. The fraction of sp³-hybridized carbons (Fsp3) is 0.125. The zero-order valence-corrected chi connectivity index (χ0v) is 15.5. The molecule has 0 amide bonds. The minimum Gasteiger partial charge on any atom is -0.255 e. The van der Waals surface area contributed by atoms with Gasteiger partial charge in [0.05, 0.1) is 22.8 Å². The topological polar surface area (TPSA) is 38.7 Å². The van der Waals surface area contributed by atoms with E-state index in [1.807, 2.05) is 36.4 Å². The number of rotatable bonds is 4. The summed E-state index contributed by atoms with van der Waals surface area (Å²) in [5.41, 5.74) is 7.02. The standard InChI is InChI=1S/C24H21N3/c1-17(2)18-9-11-19(12-10-18)20-15-23(21-7-3-5-13-25-21)27-24(16-20)22-8-4-6-14-26-22/h3-17H,1-2H3. The number of nitrogens with zero attached hydrogens (tertiary/aromatic N) is 3. The number of hydrogen-bond acceptors (Lipinski definition) is 3. The van der Waals surface area contributed by atoms with Gasteiger partial charge in [0.1, 0.15) is 0 Å². The molecule has 4 aromatic rings. The van der Waals surface area contributed by atoms with Crippen LogP contribution in [0.5, 0.6) is 0 Å². The smallest absolute Gasteiger partial charge is 0.0900 e. The van der Waals surface area contributed by atoms with E-state index >= 15 is 0 Å². The molecule has 0 spiro atoms. The van der Waals surface area contributed by atoms with E-state index in [0.717, 1.165) is 33.9 Å². The molecule has 0 saturated heterocycles. The highest BCUT2D eigenvalue weighted by Gasteiger charge is 2.10. The predicted octanol–water partition coefficient (Wildman–Crippen LogP) is 6.00. The normalized spacial score (nSPS) is 10.9. The second-order valence-corrected chi connectivity index (χ2v) is 6.83. The van der Waals surface area contributed by atoms with E-state index in [-0.39, 0.29) is 0 Å². The second kappa shape index (κ2) is 7.50. The molecule has 3 nitrogen and oxygen atoms in total. The SMILES string of the molecule is CC(C)c1ccc(-c2cc(-c3ccccn3)nc(-c3ccccn3)c2)cc1. The van der Waals surface area contributed by atoms with E-state index in [1.54, 1.807) is 12.4 Å². The van der Waals surface area contributed by atoms with Crippen molar-refractivity contribution in [3.05, 3.63) is 90.8 Å². The average molecular weight is 351 g/mol. The molecule has 1 aromatic carbocycles. The maximum atomic E-state index is 4.82. The van der Waals surface area contributed by atoms with Gasteiger partial charge in [0.2, 0.25) is 0 Å². The van der Waals surface area contributed by atoms with Crippen molar-refractivity contribution >= 4 is 0 Å². The van der Waals surface area contributed by atoms with Crippen LogP contribution in [-0.2, 0) is 0 Å². The summed E-state index contributed by atoms with van der Waals surface area (Å²) in [5, 5.41) is 0. The van der Waals surface area contributed by atoms with Crippen molar-refractivity contribution in [2.24, 2.45) is 0 Å². The lowest BCUT2D eigenvalue weighted by Crippen LogP contribution is -1.94. The van der Waals surface area contributed by atoms with Crippen LogP contribution in [0.25, 0.3) is 33.9 Å². The Morgan fingerprint density at radius 2 is 1.15 bits per heavy atom. The summed E-state index contributed by atoms with van der Waals surface area (Å²) in [6, 6.07) is 24.7. The molecule has 132 valence electrons. The zero-order chi connectivity index (χ0) is 18.6. The van der Waals surface area contributed by atoms with Crippen molar-refractivity contribution in [1.82, 2.24) is 15.0 Å². The summed E-state index contributed by atoms with van der Waals surface area (Å²) in [6.07, 6.45) is 3.59. The van der Waals surface area contributed by atoms with E-state index in [2.05, 4.69) is 60.2 Å². The highest BCUT2D eigenvalue weighted by Crippen LogP contribution is 2.29. The maximum absolute atomic E-state index is 4.82. The van der Waals surface area contributed by atoms with Crippen molar-refractivity contribution in [3.63, 3.8) is 0 Å². The van der Waals surface area contributed by atoms with Crippen LogP contribution in [0.1, 0.15) is 25.3 Å². The Morgan fingerprint density at radius 3 is 1.59 bits per heavy atom. The Morgan fingerprint density at radius 1 is 0.593 bits per heavy atom. The summed E-state index contributed by atoms with van der Waals surface area (Å²) in [7, 11) is 0. The fourth-order valence-corrected chi connectivity index (χ4v) is 3.05. The molecule has 0 aliphatic heterocycles. The molecule has 27 heavy (non-hydrogen) atoms. The summed E-state index contributed by atoms with van der Waals surface area (Å²) < 4.78 is 0. The van der Waals surface area contributed by atoms with Crippen LogP contribution < -0.4 is 0 Å². The lowest BCUT2D eigenvalue weighted by Gasteiger charge is -2.11. The lowest BCUT2D eigenvalue weighted by molar-refractivity contribution is 0.867. The molecule has 0 aliphatic rings. The van der Waals surface area contributed by atoms with Gasteiger partial charge in [-0.15, -0.1) is 0 Å². The van der Waals surface area contributed by atoms with Gasteiger partial charge in [0.15, 0.2) is 0 Å². The first-order valence-electron chi connectivity index (χ1n) is 9.16. The van der Waals surface area contributed by atoms with Crippen LogP contribution in [0.4, 0.5) is 0 Å². The second-order valence-electron chi connectivity index (χ2n) is 6.83. The van der Waals surface area contributed by atoms with E-state index in [9.17, 15) is 0 Å². The highest BCUT2D eigenvalue weighted by molar-refractivity contribution is 5.74. The quantitative estimate of drug-likeness (QED) is 0.453. The van der Waals surface area contributed by atoms with Crippen molar-refractivity contribution < 1.29 is 0 Å². The third-order valence-corrected chi connectivity index (χ3v) is 4.59. The minimum atomic E-state index is 0.518. The van der Waals surface area contributed by atoms with Gasteiger partial charge in [-0.25, -0.2) is 4.98 Å². The molecule has 0 bridgehead atoms. The Labute approximate surface area is 159 Å². The van der Waals surface area contributed by atoms with Gasteiger partial charge in [0, 0.05) is 12.4 Å². The van der Waals surface area contributed by atoms with Crippen LogP contribution >= 0.6 is 0 Å². The van der Waals surface area contributed by atoms with Gasteiger partial charge < -0.3 is 0 Å². The molecular formula is C24H21N3. The van der Waals surface area contributed by atoms with Crippen LogP contribution in [0.3, 0.4) is 0 Å². The largest absolute Gasteiger partial charge is 0.255 e. The third-order valence-electron chi connectivity index (χ3n) is 4.59. The molecule has 0 N–H and O–H groups in total. The summed E-state index contributed by atoms with van der Waals surface area (Å²) in [4.78, 5) is 13.8. The number of pyridine rings is 3. The maximum Gasteiger partial charge on any atom is 0.0900 e. The third kappa shape index (κ3) is 3.77. The molecule has 0 atom stereocenters. The highest BCUT2D eigenvalue weighted by atomic mass is 14.8. The molecular weight excluding hydrogens is 330 g/mol. The lowest BCUT2D eigenvalue weighted by atomic mass is 9.98. The molecule has 0 fully saturated rings. The Balaban J connectivity index is 1.85. The van der Waals surface area contributed by atoms with E-state index in [1.165, 1.54) is 5.56 Å². The van der Waals surface area contributed by atoms with Crippen LogP contribution in [0.2, 0.25) is 0 Å². The van der Waals surface area contributed by atoms with E-state index in [4.69, 9.17) is 4.98 Å². The molecule has 0 aliphatic carbocycles.